The standard InChI is InChI=1S/C20H24O8/c1-3-25-19(23)27-14-9-11-18(28-20(24)26-4-2)13(12-14)8-10-17(22)15-6-5-7-16(15)21/h9,11-12,22H,3-8,10H2,1-2H3/b17-15-. The lowest BCUT2D eigenvalue weighted by Crippen LogP contribution is -2.13. The van der Waals surface area contributed by atoms with Crippen LogP contribution in [0.5, 0.6) is 11.5 Å². The van der Waals surface area contributed by atoms with Gasteiger partial charge in [-0.15, -0.1) is 0 Å². The number of Topliss-reactive ketones (excluding diaryl/α,β-unsaturated/α-hetero) is 1. The molecule has 8 nitrogen and oxygen atoms in total. The first-order valence-corrected chi connectivity index (χ1v) is 9.20. The fraction of sp³-hybridized carbons (Fsp3) is 0.450. The second kappa shape index (κ2) is 10.3. The lowest BCUT2D eigenvalue weighted by molar-refractivity contribution is -0.114. The summed E-state index contributed by atoms with van der Waals surface area (Å²) in [7, 11) is 0. The first kappa shape index (κ1) is 21.3. The molecule has 28 heavy (non-hydrogen) atoms. The molecule has 0 atom stereocenters. The molecular weight excluding hydrogens is 368 g/mol. The van der Waals surface area contributed by atoms with Crippen molar-refractivity contribution in [2.75, 3.05) is 13.2 Å². The zero-order valence-electron chi connectivity index (χ0n) is 16.0. The molecule has 1 aliphatic carbocycles. The van der Waals surface area contributed by atoms with Gasteiger partial charge >= 0.3 is 12.3 Å². The molecule has 0 amide bonds. The second-order valence-electron chi connectivity index (χ2n) is 6.04. The Kier molecular flexibility index (Phi) is 7.86. The topological polar surface area (TPSA) is 108 Å². The Morgan fingerprint density at radius 2 is 1.71 bits per heavy atom. The number of aliphatic hydroxyl groups is 1. The molecule has 0 unspecified atom stereocenters. The Balaban J connectivity index is 2.19. The summed E-state index contributed by atoms with van der Waals surface area (Å²) in [5.41, 5.74) is 0.958. The van der Waals surface area contributed by atoms with E-state index < -0.39 is 12.3 Å². The summed E-state index contributed by atoms with van der Waals surface area (Å²) in [6.07, 6.45) is 0.464. The van der Waals surface area contributed by atoms with Crippen LogP contribution in [-0.2, 0) is 20.7 Å². The van der Waals surface area contributed by atoms with E-state index >= 15 is 0 Å². The van der Waals surface area contributed by atoms with E-state index in [4.69, 9.17) is 18.9 Å². The molecule has 0 aliphatic heterocycles. The van der Waals surface area contributed by atoms with Crippen LogP contribution in [0.15, 0.2) is 29.5 Å². The second-order valence-corrected chi connectivity index (χ2v) is 6.04. The number of carbonyl (C=O) groups excluding carboxylic acids is 3. The number of aliphatic hydroxyl groups excluding tert-OH is 1. The van der Waals surface area contributed by atoms with Crippen molar-refractivity contribution in [2.24, 2.45) is 0 Å². The van der Waals surface area contributed by atoms with Gasteiger partial charge in [-0.2, -0.15) is 0 Å². The minimum atomic E-state index is -0.864. The number of benzene rings is 1. The molecule has 152 valence electrons. The van der Waals surface area contributed by atoms with E-state index in [1.165, 1.54) is 18.2 Å². The number of allylic oxidation sites excluding steroid dienone is 2. The molecule has 1 aromatic carbocycles. The Morgan fingerprint density at radius 3 is 2.32 bits per heavy atom. The average Bonchev–Trinajstić information content (AvgIpc) is 3.08. The van der Waals surface area contributed by atoms with Gasteiger partial charge in [0.1, 0.15) is 11.5 Å². The summed E-state index contributed by atoms with van der Waals surface area (Å²) in [5, 5.41) is 10.2. The zero-order chi connectivity index (χ0) is 20.5. The number of ether oxygens (including phenoxy) is 4. The minimum absolute atomic E-state index is 0.0290. The van der Waals surface area contributed by atoms with Crippen LogP contribution in [0.1, 0.15) is 45.1 Å². The van der Waals surface area contributed by atoms with E-state index in [-0.39, 0.29) is 49.1 Å². The highest BCUT2D eigenvalue weighted by Gasteiger charge is 2.21. The molecule has 0 spiro atoms. The normalized spacial score (nSPS) is 15.1. The van der Waals surface area contributed by atoms with Crippen molar-refractivity contribution >= 4 is 18.1 Å². The van der Waals surface area contributed by atoms with Crippen LogP contribution in [0, 0.1) is 0 Å². The lowest BCUT2D eigenvalue weighted by Gasteiger charge is -2.12. The third-order valence-electron chi connectivity index (χ3n) is 4.10. The number of aryl methyl sites for hydroxylation is 1. The zero-order valence-corrected chi connectivity index (χ0v) is 16.0. The molecule has 1 aromatic rings. The van der Waals surface area contributed by atoms with E-state index in [1.54, 1.807) is 13.8 Å². The largest absolute Gasteiger partial charge is 0.513 e. The fourth-order valence-corrected chi connectivity index (χ4v) is 2.82. The molecule has 8 heteroatoms. The number of rotatable bonds is 7. The van der Waals surface area contributed by atoms with Crippen molar-refractivity contribution in [3.63, 3.8) is 0 Å². The van der Waals surface area contributed by atoms with Gasteiger partial charge in [-0.1, -0.05) is 0 Å². The first-order chi connectivity index (χ1) is 13.4. The van der Waals surface area contributed by atoms with Crippen LogP contribution in [0.3, 0.4) is 0 Å². The first-order valence-electron chi connectivity index (χ1n) is 9.20. The molecule has 2 rings (SSSR count). The van der Waals surface area contributed by atoms with Crippen LogP contribution in [-0.4, -0.2) is 36.4 Å². The van der Waals surface area contributed by atoms with Gasteiger partial charge in [0.15, 0.2) is 5.78 Å². The van der Waals surface area contributed by atoms with Gasteiger partial charge in [0.05, 0.1) is 19.0 Å². The maximum Gasteiger partial charge on any atom is 0.513 e. The van der Waals surface area contributed by atoms with E-state index in [9.17, 15) is 19.5 Å². The number of hydrogen-bond acceptors (Lipinski definition) is 8. The van der Waals surface area contributed by atoms with Crippen molar-refractivity contribution in [1.82, 2.24) is 0 Å². The highest BCUT2D eigenvalue weighted by molar-refractivity contribution is 5.97. The summed E-state index contributed by atoms with van der Waals surface area (Å²) in [6.45, 7) is 3.64. The summed E-state index contributed by atoms with van der Waals surface area (Å²) < 4.78 is 19.8. The Labute approximate surface area is 163 Å². The number of carbonyl (C=O) groups is 3. The van der Waals surface area contributed by atoms with Crippen molar-refractivity contribution < 1.29 is 38.4 Å². The number of ketones is 1. The summed E-state index contributed by atoms with van der Waals surface area (Å²) in [5.74, 6) is 0.403. The van der Waals surface area contributed by atoms with E-state index in [1.807, 2.05) is 0 Å². The quantitative estimate of drug-likeness (QED) is 0.317. The summed E-state index contributed by atoms with van der Waals surface area (Å²) in [6, 6.07) is 4.43. The predicted octanol–water partition coefficient (Wildman–Crippen LogP) is 4.25. The van der Waals surface area contributed by atoms with Gasteiger partial charge in [-0.3, -0.25) is 4.79 Å². The lowest BCUT2D eigenvalue weighted by atomic mass is 10.0. The summed E-state index contributed by atoms with van der Waals surface area (Å²) in [4.78, 5) is 34.9. The smallest absolute Gasteiger partial charge is 0.512 e. The molecular formula is C20H24O8. The van der Waals surface area contributed by atoms with Crippen LogP contribution in [0.25, 0.3) is 0 Å². The number of hydrogen-bond donors (Lipinski definition) is 1. The molecule has 0 bridgehead atoms. The van der Waals surface area contributed by atoms with E-state index in [0.717, 1.165) is 6.42 Å². The van der Waals surface area contributed by atoms with Gasteiger partial charge in [0.2, 0.25) is 0 Å². The Morgan fingerprint density at radius 1 is 1.04 bits per heavy atom. The maximum atomic E-state index is 11.8. The van der Waals surface area contributed by atoms with Crippen molar-refractivity contribution in [1.29, 1.82) is 0 Å². The van der Waals surface area contributed by atoms with Crippen LogP contribution in [0.2, 0.25) is 0 Å². The molecule has 1 fully saturated rings. The van der Waals surface area contributed by atoms with Crippen molar-refractivity contribution in [2.45, 2.75) is 46.0 Å². The van der Waals surface area contributed by atoms with Crippen molar-refractivity contribution in [3.8, 4) is 11.5 Å². The monoisotopic (exact) mass is 392 g/mol. The SMILES string of the molecule is CCOC(=O)Oc1ccc(OC(=O)OCC)c(CC/C(O)=C2\CCCC2=O)c1. The van der Waals surface area contributed by atoms with Gasteiger partial charge in [-0.25, -0.2) is 9.59 Å². The minimum Gasteiger partial charge on any atom is -0.512 e. The molecule has 0 saturated heterocycles. The van der Waals surface area contributed by atoms with Crippen LogP contribution in [0.4, 0.5) is 9.59 Å². The van der Waals surface area contributed by atoms with E-state index in [2.05, 4.69) is 0 Å². The molecule has 1 aliphatic rings. The van der Waals surface area contributed by atoms with Gasteiger partial charge in [0.25, 0.3) is 0 Å². The van der Waals surface area contributed by atoms with Gasteiger partial charge in [0, 0.05) is 18.4 Å². The predicted molar refractivity (Wildman–Crippen MR) is 98.6 cm³/mol. The fourth-order valence-electron chi connectivity index (χ4n) is 2.82. The van der Waals surface area contributed by atoms with Crippen molar-refractivity contribution in [3.05, 3.63) is 35.1 Å². The maximum absolute atomic E-state index is 11.8. The molecule has 1 saturated carbocycles. The third kappa shape index (κ3) is 6.00. The summed E-state index contributed by atoms with van der Waals surface area (Å²) >= 11 is 0. The third-order valence-corrected chi connectivity index (χ3v) is 4.10. The highest BCUT2D eigenvalue weighted by Crippen LogP contribution is 2.29. The Bertz CT molecular complexity index is 765. The van der Waals surface area contributed by atoms with Gasteiger partial charge < -0.3 is 24.1 Å². The molecule has 1 N–H and O–H groups in total. The molecule has 0 heterocycles. The van der Waals surface area contributed by atoms with Crippen LogP contribution >= 0.6 is 0 Å². The molecule has 0 aromatic heterocycles. The average molecular weight is 392 g/mol. The molecule has 0 radical (unpaired) electrons. The van der Waals surface area contributed by atoms with Crippen LogP contribution < -0.4 is 9.47 Å². The highest BCUT2D eigenvalue weighted by atomic mass is 16.7. The van der Waals surface area contributed by atoms with E-state index in [0.29, 0.717) is 24.0 Å². The van der Waals surface area contributed by atoms with Gasteiger partial charge in [-0.05, 0) is 56.9 Å². The Hall–Kier alpha value is -3.03.